The molecule has 2 heterocycles. The van der Waals surface area contributed by atoms with Crippen LogP contribution < -0.4 is 4.74 Å². The molecule has 0 aliphatic carbocycles. The lowest BCUT2D eigenvalue weighted by atomic mass is 10.1. The van der Waals surface area contributed by atoms with E-state index in [2.05, 4.69) is 16.5 Å². The lowest BCUT2D eigenvalue weighted by Crippen LogP contribution is -2.05. The van der Waals surface area contributed by atoms with E-state index in [1.54, 1.807) is 31.8 Å². The Morgan fingerprint density at radius 2 is 2.00 bits per heavy atom. The van der Waals surface area contributed by atoms with Gasteiger partial charge in [0.1, 0.15) is 6.61 Å². The van der Waals surface area contributed by atoms with E-state index in [4.69, 9.17) is 9.47 Å². The fourth-order valence-electron chi connectivity index (χ4n) is 1.54. The number of methoxy groups -OCH3 is 1. The largest absolute Gasteiger partial charge is 0.475 e. The molecule has 0 amide bonds. The van der Waals surface area contributed by atoms with Gasteiger partial charge in [-0.1, -0.05) is 26.5 Å². The first-order valence-corrected chi connectivity index (χ1v) is 6.33. The molecule has 0 aromatic carbocycles. The molecule has 0 saturated heterocycles. The number of nitrogens with zero attached hydrogens (tertiary/aromatic N) is 2. The van der Waals surface area contributed by atoms with Crippen LogP contribution in [0, 0.1) is 0 Å². The molecule has 0 atom stereocenters. The van der Waals surface area contributed by atoms with E-state index in [1.165, 1.54) is 0 Å². The van der Waals surface area contributed by atoms with Crippen molar-refractivity contribution < 1.29 is 9.47 Å². The van der Waals surface area contributed by atoms with Gasteiger partial charge in [-0.25, -0.2) is 4.98 Å². The maximum Gasteiger partial charge on any atom is 0.213 e. The Kier molecular flexibility index (Phi) is 6.53. The summed E-state index contributed by atoms with van der Waals surface area (Å²) in [5, 5.41) is 2.01. The van der Waals surface area contributed by atoms with E-state index in [9.17, 15) is 0 Å². The molecule has 2 aromatic heterocycles. The summed E-state index contributed by atoms with van der Waals surface area (Å²) in [6.07, 6.45) is 7.06. The molecule has 0 radical (unpaired) electrons. The number of fused-ring (bicyclic) bond motifs is 1. The second-order valence-corrected chi connectivity index (χ2v) is 3.52. The molecule has 0 aliphatic rings. The molecule has 2 rings (SSSR count). The topological polar surface area (TPSA) is 44.2 Å². The predicted molar refractivity (Wildman–Crippen MR) is 78.3 cm³/mol. The first-order valence-electron chi connectivity index (χ1n) is 6.33. The van der Waals surface area contributed by atoms with E-state index >= 15 is 0 Å². The molecular formula is C15H20N2O2. The molecule has 0 saturated carbocycles. The van der Waals surface area contributed by atoms with Crippen LogP contribution in [0.4, 0.5) is 0 Å². The normalized spacial score (nSPS) is 9.63. The fraction of sp³-hybridized carbons (Fsp3) is 0.333. The van der Waals surface area contributed by atoms with E-state index in [0.717, 1.165) is 16.3 Å². The van der Waals surface area contributed by atoms with Crippen molar-refractivity contribution in [3.05, 3.63) is 36.8 Å². The molecule has 0 N–H and O–H groups in total. The van der Waals surface area contributed by atoms with Gasteiger partial charge in [-0.3, -0.25) is 4.98 Å². The summed E-state index contributed by atoms with van der Waals surface area (Å²) in [6, 6.07) is 1.89. The molecule has 19 heavy (non-hydrogen) atoms. The first-order chi connectivity index (χ1) is 9.35. The molecule has 0 unspecified atom stereocenters. The predicted octanol–water partition coefficient (Wildman–Crippen LogP) is 3.32. The average Bonchev–Trinajstić information content (AvgIpc) is 2.49. The summed E-state index contributed by atoms with van der Waals surface area (Å²) < 4.78 is 10.4. The van der Waals surface area contributed by atoms with Crippen LogP contribution in [0.5, 0.6) is 5.88 Å². The summed E-state index contributed by atoms with van der Waals surface area (Å²) in [6.45, 7) is 8.80. The van der Waals surface area contributed by atoms with Crippen LogP contribution in [0.2, 0.25) is 0 Å². The highest BCUT2D eigenvalue weighted by atomic mass is 16.5. The SMILES string of the molecule is C=Cc1cncc2cnc(OCCOC)cc12.CC. The third kappa shape index (κ3) is 4.03. The van der Waals surface area contributed by atoms with Crippen LogP contribution in [0.1, 0.15) is 19.4 Å². The van der Waals surface area contributed by atoms with Crippen LogP contribution in [-0.2, 0) is 4.74 Å². The van der Waals surface area contributed by atoms with Crippen molar-refractivity contribution >= 4 is 16.8 Å². The number of ether oxygens (including phenoxy) is 2. The fourth-order valence-corrected chi connectivity index (χ4v) is 1.54. The average molecular weight is 260 g/mol. The smallest absolute Gasteiger partial charge is 0.213 e. The number of aromatic nitrogens is 2. The third-order valence-corrected chi connectivity index (χ3v) is 2.41. The van der Waals surface area contributed by atoms with Crippen LogP contribution in [-0.4, -0.2) is 30.3 Å². The van der Waals surface area contributed by atoms with Crippen molar-refractivity contribution in [2.45, 2.75) is 13.8 Å². The number of rotatable bonds is 5. The van der Waals surface area contributed by atoms with E-state index < -0.39 is 0 Å². The van der Waals surface area contributed by atoms with Gasteiger partial charge in [-0.2, -0.15) is 0 Å². The van der Waals surface area contributed by atoms with Gasteiger partial charge in [0.2, 0.25) is 5.88 Å². The Bertz CT molecular complexity index is 527. The first kappa shape index (κ1) is 15.1. The number of pyridine rings is 2. The summed E-state index contributed by atoms with van der Waals surface area (Å²) in [5.41, 5.74) is 0.974. The van der Waals surface area contributed by atoms with Gasteiger partial charge in [0, 0.05) is 42.7 Å². The Hall–Kier alpha value is -1.94. The molecule has 0 fully saturated rings. The number of hydrogen-bond acceptors (Lipinski definition) is 4. The molecule has 0 spiro atoms. The minimum atomic E-state index is 0.490. The zero-order valence-electron chi connectivity index (χ0n) is 11.7. The van der Waals surface area contributed by atoms with Crippen LogP contribution in [0.15, 0.2) is 31.2 Å². The quantitative estimate of drug-likeness (QED) is 0.773. The number of hydrogen-bond donors (Lipinski definition) is 0. The maximum atomic E-state index is 5.46. The van der Waals surface area contributed by atoms with Crippen molar-refractivity contribution in [3.63, 3.8) is 0 Å². The highest BCUT2D eigenvalue weighted by Crippen LogP contribution is 2.21. The van der Waals surface area contributed by atoms with Crippen LogP contribution >= 0.6 is 0 Å². The van der Waals surface area contributed by atoms with Crippen molar-refractivity contribution in [1.29, 1.82) is 0 Å². The zero-order valence-corrected chi connectivity index (χ0v) is 11.7. The van der Waals surface area contributed by atoms with Crippen molar-refractivity contribution in [3.8, 4) is 5.88 Å². The molecule has 4 nitrogen and oxygen atoms in total. The summed E-state index contributed by atoms with van der Waals surface area (Å²) >= 11 is 0. The molecule has 0 aliphatic heterocycles. The van der Waals surface area contributed by atoms with Gasteiger partial charge in [0.15, 0.2) is 0 Å². The van der Waals surface area contributed by atoms with E-state index in [0.29, 0.717) is 19.1 Å². The van der Waals surface area contributed by atoms with Gasteiger partial charge in [0.05, 0.1) is 6.61 Å². The van der Waals surface area contributed by atoms with E-state index in [1.807, 2.05) is 19.9 Å². The van der Waals surface area contributed by atoms with Gasteiger partial charge in [0.25, 0.3) is 0 Å². The minimum absolute atomic E-state index is 0.490. The monoisotopic (exact) mass is 260 g/mol. The summed E-state index contributed by atoms with van der Waals surface area (Å²) in [5.74, 6) is 0.587. The second-order valence-electron chi connectivity index (χ2n) is 3.52. The van der Waals surface area contributed by atoms with E-state index in [-0.39, 0.29) is 0 Å². The van der Waals surface area contributed by atoms with Crippen molar-refractivity contribution in [1.82, 2.24) is 9.97 Å². The van der Waals surface area contributed by atoms with Crippen molar-refractivity contribution in [2.75, 3.05) is 20.3 Å². The molecule has 4 heteroatoms. The lowest BCUT2D eigenvalue weighted by molar-refractivity contribution is 0.144. The molecule has 102 valence electrons. The zero-order chi connectivity index (χ0) is 14.1. The van der Waals surface area contributed by atoms with Crippen molar-refractivity contribution in [2.24, 2.45) is 0 Å². The molecular weight excluding hydrogens is 240 g/mol. The van der Waals surface area contributed by atoms with Gasteiger partial charge >= 0.3 is 0 Å². The third-order valence-electron chi connectivity index (χ3n) is 2.41. The van der Waals surface area contributed by atoms with Gasteiger partial charge in [-0.05, 0) is 5.39 Å². The van der Waals surface area contributed by atoms with Gasteiger partial charge < -0.3 is 9.47 Å². The van der Waals surface area contributed by atoms with Gasteiger partial charge in [-0.15, -0.1) is 0 Å². The second kappa shape index (κ2) is 8.21. The minimum Gasteiger partial charge on any atom is -0.475 e. The standard InChI is InChI=1S/C13H14N2O2.C2H6/c1-3-10-7-14-8-11-9-15-13(6-12(10)11)17-5-4-16-2;1-2/h3,6-9H,1,4-5H2,2H3;1-2H3. The molecule has 2 aromatic rings. The Balaban J connectivity index is 0.000000861. The Morgan fingerprint density at radius 1 is 1.21 bits per heavy atom. The summed E-state index contributed by atoms with van der Waals surface area (Å²) in [7, 11) is 1.64. The Morgan fingerprint density at radius 3 is 2.68 bits per heavy atom. The van der Waals surface area contributed by atoms with Crippen LogP contribution in [0.25, 0.3) is 16.8 Å². The Labute approximate surface area is 114 Å². The maximum absolute atomic E-state index is 5.46. The highest BCUT2D eigenvalue weighted by molar-refractivity contribution is 5.89. The highest BCUT2D eigenvalue weighted by Gasteiger charge is 2.02. The molecule has 0 bridgehead atoms. The summed E-state index contributed by atoms with van der Waals surface area (Å²) in [4.78, 5) is 8.32. The lowest BCUT2D eigenvalue weighted by Gasteiger charge is -2.06. The van der Waals surface area contributed by atoms with Crippen LogP contribution in [0.3, 0.4) is 0 Å².